The van der Waals surface area contributed by atoms with Crippen molar-refractivity contribution in [1.82, 2.24) is 19.9 Å². The molecule has 1 aromatic rings. The highest BCUT2D eigenvalue weighted by Gasteiger charge is 2.32. The number of unbranched alkanes of at least 4 members (excludes halogenated alkanes) is 4. The van der Waals surface area contributed by atoms with E-state index in [1.165, 1.54) is 4.31 Å². The van der Waals surface area contributed by atoms with Gasteiger partial charge in [-0.3, -0.25) is 4.98 Å². The summed E-state index contributed by atoms with van der Waals surface area (Å²) in [6.07, 6.45) is 12.2. The summed E-state index contributed by atoms with van der Waals surface area (Å²) in [5.41, 5.74) is 0.949. The Bertz CT molecular complexity index is 728. The molecule has 0 aliphatic heterocycles. The number of urea groups is 1. The van der Waals surface area contributed by atoms with Crippen LogP contribution in [0.4, 0.5) is 9.18 Å². The molecule has 1 fully saturated rings. The number of sulfonamides is 1. The van der Waals surface area contributed by atoms with Gasteiger partial charge in [-0.1, -0.05) is 44.6 Å². The SMILES string of the molecule is O=C(NCCCCCCCN(CCF)S(=O)(=O)C1CCCCC1)NCc1cccnc1. The van der Waals surface area contributed by atoms with E-state index in [0.29, 0.717) is 32.5 Å². The molecule has 176 valence electrons. The third kappa shape index (κ3) is 9.51. The van der Waals surface area contributed by atoms with Crippen LogP contribution in [0.1, 0.15) is 69.8 Å². The molecule has 0 aromatic carbocycles. The Morgan fingerprint density at radius 3 is 2.52 bits per heavy atom. The standard InChI is InChI=1S/C22H37FN4O3S/c23-13-17-27(31(29,30)21-11-5-4-6-12-21)16-8-3-1-2-7-15-25-22(28)26-19-20-10-9-14-24-18-20/h9-10,14,18,21H,1-8,11-13,15-17,19H2,(H2,25,26,28). The van der Waals surface area contributed by atoms with Crippen LogP contribution in [0.5, 0.6) is 0 Å². The van der Waals surface area contributed by atoms with Crippen molar-refractivity contribution < 1.29 is 17.6 Å². The van der Waals surface area contributed by atoms with Gasteiger partial charge < -0.3 is 10.6 Å². The molecule has 2 amide bonds. The molecule has 1 aromatic heterocycles. The van der Waals surface area contributed by atoms with Crippen LogP contribution in [0.2, 0.25) is 0 Å². The number of nitrogens with one attached hydrogen (secondary N) is 2. The second-order valence-electron chi connectivity index (χ2n) is 8.13. The van der Waals surface area contributed by atoms with E-state index in [2.05, 4.69) is 15.6 Å². The lowest BCUT2D eigenvalue weighted by Crippen LogP contribution is -2.41. The summed E-state index contributed by atoms with van der Waals surface area (Å²) in [5, 5.41) is 5.30. The number of hydrogen-bond donors (Lipinski definition) is 2. The summed E-state index contributed by atoms with van der Waals surface area (Å²) >= 11 is 0. The first-order chi connectivity index (χ1) is 15.0. The van der Waals surface area contributed by atoms with Crippen molar-refractivity contribution in [3.63, 3.8) is 0 Å². The third-order valence-corrected chi connectivity index (χ3v) is 8.11. The molecule has 31 heavy (non-hydrogen) atoms. The number of halogens is 1. The van der Waals surface area contributed by atoms with Crippen molar-refractivity contribution in [3.05, 3.63) is 30.1 Å². The highest BCUT2D eigenvalue weighted by molar-refractivity contribution is 7.89. The molecular formula is C22H37FN4O3S. The van der Waals surface area contributed by atoms with Gasteiger partial charge in [-0.05, 0) is 37.3 Å². The van der Waals surface area contributed by atoms with Crippen LogP contribution in [0.3, 0.4) is 0 Å². The quantitative estimate of drug-likeness (QED) is 0.417. The van der Waals surface area contributed by atoms with E-state index in [9.17, 15) is 17.6 Å². The number of amides is 2. The van der Waals surface area contributed by atoms with Crippen molar-refractivity contribution in [2.24, 2.45) is 0 Å². The zero-order valence-electron chi connectivity index (χ0n) is 18.4. The highest BCUT2D eigenvalue weighted by Crippen LogP contribution is 2.26. The first kappa shape index (κ1) is 25.5. The molecule has 1 heterocycles. The average Bonchev–Trinajstić information content (AvgIpc) is 2.80. The molecule has 0 atom stereocenters. The topological polar surface area (TPSA) is 91.4 Å². The van der Waals surface area contributed by atoms with Crippen LogP contribution < -0.4 is 10.6 Å². The summed E-state index contributed by atoms with van der Waals surface area (Å²) in [6.45, 7) is 0.775. The van der Waals surface area contributed by atoms with E-state index in [1.54, 1.807) is 12.4 Å². The van der Waals surface area contributed by atoms with Gasteiger partial charge in [0.05, 0.1) is 5.25 Å². The molecule has 2 rings (SSSR count). The van der Waals surface area contributed by atoms with E-state index in [-0.39, 0.29) is 17.8 Å². The van der Waals surface area contributed by atoms with Crippen molar-refractivity contribution in [2.75, 3.05) is 26.3 Å². The molecule has 2 N–H and O–H groups in total. The second-order valence-corrected chi connectivity index (χ2v) is 10.3. The minimum Gasteiger partial charge on any atom is -0.338 e. The van der Waals surface area contributed by atoms with Gasteiger partial charge >= 0.3 is 6.03 Å². The van der Waals surface area contributed by atoms with E-state index in [0.717, 1.165) is 56.9 Å². The van der Waals surface area contributed by atoms with E-state index < -0.39 is 16.7 Å². The fourth-order valence-electron chi connectivity index (χ4n) is 3.93. The first-order valence-corrected chi connectivity index (χ1v) is 13.0. The second kappa shape index (κ2) is 14.3. The number of alkyl halides is 1. The lowest BCUT2D eigenvalue weighted by Gasteiger charge is -2.29. The fourth-order valence-corrected chi connectivity index (χ4v) is 5.99. The molecule has 9 heteroatoms. The van der Waals surface area contributed by atoms with Crippen LogP contribution in [-0.4, -0.2) is 55.3 Å². The van der Waals surface area contributed by atoms with Gasteiger partial charge in [0.2, 0.25) is 10.0 Å². The number of aromatic nitrogens is 1. The zero-order valence-corrected chi connectivity index (χ0v) is 19.2. The Morgan fingerprint density at radius 1 is 1.06 bits per heavy atom. The average molecular weight is 457 g/mol. The van der Waals surface area contributed by atoms with Crippen LogP contribution in [-0.2, 0) is 16.6 Å². The maximum atomic E-state index is 12.9. The van der Waals surface area contributed by atoms with Crippen LogP contribution in [0.15, 0.2) is 24.5 Å². The molecule has 0 spiro atoms. The smallest absolute Gasteiger partial charge is 0.315 e. The van der Waals surface area contributed by atoms with Crippen molar-refractivity contribution in [1.29, 1.82) is 0 Å². The summed E-state index contributed by atoms with van der Waals surface area (Å²) in [6, 6.07) is 3.54. The summed E-state index contributed by atoms with van der Waals surface area (Å²) < 4.78 is 39.9. The minimum absolute atomic E-state index is 0.0308. The maximum absolute atomic E-state index is 12.9. The monoisotopic (exact) mass is 456 g/mol. The molecule has 0 unspecified atom stereocenters. The predicted octanol–water partition coefficient (Wildman–Crippen LogP) is 3.77. The molecule has 0 radical (unpaired) electrons. The van der Waals surface area contributed by atoms with Gasteiger partial charge in [0.15, 0.2) is 0 Å². The van der Waals surface area contributed by atoms with Crippen molar-refractivity contribution in [2.45, 2.75) is 76.0 Å². The number of pyridine rings is 1. The number of hydrogen-bond acceptors (Lipinski definition) is 4. The van der Waals surface area contributed by atoms with Crippen LogP contribution >= 0.6 is 0 Å². The third-order valence-electron chi connectivity index (χ3n) is 5.71. The molecule has 7 nitrogen and oxygen atoms in total. The Balaban J connectivity index is 1.54. The first-order valence-electron chi connectivity index (χ1n) is 11.5. The Hall–Kier alpha value is -1.74. The number of rotatable bonds is 14. The number of nitrogens with zero attached hydrogens (tertiary/aromatic N) is 2. The Kier molecular flexibility index (Phi) is 11.8. The van der Waals surface area contributed by atoms with Gasteiger partial charge in [0, 0.05) is 38.6 Å². The van der Waals surface area contributed by atoms with E-state index >= 15 is 0 Å². The van der Waals surface area contributed by atoms with E-state index in [1.807, 2.05) is 12.1 Å². The molecule has 1 aliphatic carbocycles. The summed E-state index contributed by atoms with van der Waals surface area (Å²) in [7, 11) is -3.39. The van der Waals surface area contributed by atoms with E-state index in [4.69, 9.17) is 0 Å². The van der Waals surface area contributed by atoms with Gasteiger partial charge in [0.1, 0.15) is 6.67 Å². The predicted molar refractivity (Wildman–Crippen MR) is 121 cm³/mol. The fraction of sp³-hybridized carbons (Fsp3) is 0.727. The molecule has 0 bridgehead atoms. The minimum atomic E-state index is -3.39. The van der Waals surface area contributed by atoms with Gasteiger partial charge in [-0.25, -0.2) is 17.6 Å². The number of carbonyl (C=O) groups excluding carboxylic acids is 1. The molecule has 1 aliphatic rings. The van der Waals surface area contributed by atoms with Crippen LogP contribution in [0, 0.1) is 0 Å². The maximum Gasteiger partial charge on any atom is 0.315 e. The lowest BCUT2D eigenvalue weighted by atomic mass is 10.0. The lowest BCUT2D eigenvalue weighted by molar-refractivity contribution is 0.240. The Labute approximate surface area is 186 Å². The van der Waals surface area contributed by atoms with Gasteiger partial charge in [-0.15, -0.1) is 0 Å². The molecule has 1 saturated carbocycles. The van der Waals surface area contributed by atoms with Crippen molar-refractivity contribution >= 4 is 16.1 Å². The van der Waals surface area contributed by atoms with Crippen LogP contribution in [0.25, 0.3) is 0 Å². The number of carbonyl (C=O) groups is 1. The molecular weight excluding hydrogens is 419 g/mol. The van der Waals surface area contributed by atoms with Crippen molar-refractivity contribution in [3.8, 4) is 0 Å². The summed E-state index contributed by atoms with van der Waals surface area (Å²) in [5.74, 6) is 0. The zero-order chi connectivity index (χ0) is 22.4. The van der Waals surface area contributed by atoms with Gasteiger partial charge in [0.25, 0.3) is 0 Å². The Morgan fingerprint density at radius 2 is 1.81 bits per heavy atom. The normalized spacial score (nSPS) is 15.2. The summed E-state index contributed by atoms with van der Waals surface area (Å²) in [4.78, 5) is 15.8. The van der Waals surface area contributed by atoms with Gasteiger partial charge in [-0.2, -0.15) is 4.31 Å². The highest BCUT2D eigenvalue weighted by atomic mass is 32.2. The largest absolute Gasteiger partial charge is 0.338 e. The molecule has 0 saturated heterocycles.